The van der Waals surface area contributed by atoms with Gasteiger partial charge in [0.15, 0.2) is 5.13 Å². The van der Waals surface area contributed by atoms with Crippen molar-refractivity contribution in [1.82, 2.24) is 24.8 Å². The quantitative estimate of drug-likeness (QED) is 0.621. The minimum Gasteiger partial charge on any atom is -0.443 e. The second-order valence-electron chi connectivity index (χ2n) is 9.67. The number of urea groups is 1. The van der Waals surface area contributed by atoms with Crippen molar-refractivity contribution in [2.24, 2.45) is 0 Å². The van der Waals surface area contributed by atoms with Crippen LogP contribution in [0.15, 0.2) is 18.5 Å². The molecule has 2 atom stereocenters. The molecule has 2 aromatic heterocycles. The number of carbonyl (C=O) groups is 2. The van der Waals surface area contributed by atoms with Gasteiger partial charge in [0, 0.05) is 76.3 Å². The predicted molar refractivity (Wildman–Crippen MR) is 134 cm³/mol. The number of rotatable bonds is 5. The van der Waals surface area contributed by atoms with Crippen LogP contribution < -0.4 is 15.5 Å². The fourth-order valence-electron chi connectivity index (χ4n) is 5.04. The zero-order valence-corrected chi connectivity index (χ0v) is 21.3. The maximum atomic E-state index is 14.9. The number of nitrogens with zero attached hydrogens (tertiary/aromatic N) is 6. The van der Waals surface area contributed by atoms with Gasteiger partial charge >= 0.3 is 12.1 Å². The number of fused-ring (bicyclic) bond motifs is 3. The third kappa shape index (κ3) is 5.36. The number of alkyl halides is 1. The van der Waals surface area contributed by atoms with Crippen LogP contribution in [0.25, 0.3) is 0 Å². The molecule has 0 aliphatic carbocycles. The first-order valence-electron chi connectivity index (χ1n) is 12.2. The molecule has 4 fully saturated rings. The van der Waals surface area contributed by atoms with Gasteiger partial charge in [-0.2, -0.15) is 4.98 Å². The van der Waals surface area contributed by atoms with Gasteiger partial charge in [0.1, 0.15) is 17.6 Å². The predicted octanol–water partition coefficient (Wildman–Crippen LogP) is 3.11. The van der Waals surface area contributed by atoms with E-state index in [-0.39, 0.29) is 13.0 Å². The van der Waals surface area contributed by atoms with E-state index in [0.717, 1.165) is 43.8 Å². The van der Waals surface area contributed by atoms with Crippen molar-refractivity contribution in [3.05, 3.63) is 23.3 Å². The molecule has 2 N–H and O–H groups in total. The van der Waals surface area contributed by atoms with Gasteiger partial charge in [-0.05, 0) is 19.4 Å². The number of thiazole rings is 1. The first-order valence-corrected chi connectivity index (χ1v) is 13.0. The first kappa shape index (κ1) is 24.6. The summed E-state index contributed by atoms with van der Waals surface area (Å²) < 4.78 is 20.7. The molecule has 0 aromatic carbocycles. The third-order valence-electron chi connectivity index (χ3n) is 7.27. The van der Waals surface area contributed by atoms with E-state index in [1.165, 1.54) is 16.2 Å². The maximum absolute atomic E-state index is 14.9. The highest BCUT2D eigenvalue weighted by Crippen LogP contribution is 2.35. The molecule has 0 saturated carbocycles. The van der Waals surface area contributed by atoms with Crippen LogP contribution in [0.2, 0.25) is 0 Å². The van der Waals surface area contributed by atoms with E-state index in [1.54, 1.807) is 25.5 Å². The molecule has 6 rings (SSSR count). The Morgan fingerprint density at radius 3 is 2.64 bits per heavy atom. The molecule has 36 heavy (non-hydrogen) atoms. The van der Waals surface area contributed by atoms with E-state index in [2.05, 4.69) is 30.5 Å². The Bertz CT molecular complexity index is 1090. The molecule has 11 nitrogen and oxygen atoms in total. The summed E-state index contributed by atoms with van der Waals surface area (Å²) in [6, 6.07) is 0.480. The molecule has 13 heteroatoms. The summed E-state index contributed by atoms with van der Waals surface area (Å²) in [4.78, 5) is 44.8. The van der Waals surface area contributed by atoms with E-state index in [4.69, 9.17) is 4.74 Å². The van der Waals surface area contributed by atoms with Crippen LogP contribution in [0.5, 0.6) is 0 Å². The van der Waals surface area contributed by atoms with Gasteiger partial charge < -0.3 is 19.4 Å². The summed E-state index contributed by atoms with van der Waals surface area (Å²) in [6.07, 6.45) is 4.27. The van der Waals surface area contributed by atoms with Gasteiger partial charge in [-0.25, -0.2) is 23.9 Å². The Kier molecular flexibility index (Phi) is 6.93. The number of amides is 3. The number of likely N-dealkylation sites (N-methyl/N-ethyl adjacent to an activating group) is 1. The number of nitrogens with one attached hydrogen (secondary N) is 2. The summed E-state index contributed by atoms with van der Waals surface area (Å²) in [5, 5.41) is 5.92. The standard InChI is InChI=1S/C23H31FN8O3S/c1-15-13-26-20(36-15)29-21(33)30(2)17-14-32(9-4-16(17)24)19-25-8-3-18(27-19)28-22(34)35-23-5-10-31(11-6-23)12-7-23/h3,8,13,16-17H,4-7,9-12,14H2,1-2H3,(H,26,29,33)(H,25,27,28,34)/t16-,17+/m1/s1. The number of halogens is 1. The lowest BCUT2D eigenvalue weighted by Gasteiger charge is -2.47. The van der Waals surface area contributed by atoms with Crippen molar-refractivity contribution in [2.45, 2.75) is 50.4 Å². The van der Waals surface area contributed by atoms with E-state index >= 15 is 0 Å². The number of carbonyl (C=O) groups excluding carboxylic acids is 2. The highest BCUT2D eigenvalue weighted by molar-refractivity contribution is 7.15. The van der Waals surface area contributed by atoms with Gasteiger partial charge in [0.2, 0.25) is 5.95 Å². The summed E-state index contributed by atoms with van der Waals surface area (Å²) in [7, 11) is 1.57. The minimum absolute atomic E-state index is 0.218. The number of anilines is 3. The molecular weight excluding hydrogens is 487 g/mol. The molecule has 0 spiro atoms. The van der Waals surface area contributed by atoms with E-state index in [0.29, 0.717) is 23.4 Å². The molecule has 2 aromatic rings. The van der Waals surface area contributed by atoms with Crippen molar-refractivity contribution in [1.29, 1.82) is 0 Å². The smallest absolute Gasteiger partial charge is 0.413 e. The number of aromatic nitrogens is 3. The van der Waals surface area contributed by atoms with Gasteiger partial charge in [0.25, 0.3) is 0 Å². The number of hydrogen-bond donors (Lipinski definition) is 2. The summed E-state index contributed by atoms with van der Waals surface area (Å²) in [6.45, 7) is 5.36. The van der Waals surface area contributed by atoms with Crippen molar-refractivity contribution in [3.63, 3.8) is 0 Å². The molecule has 2 bridgehead atoms. The van der Waals surface area contributed by atoms with Crippen molar-refractivity contribution >= 4 is 40.4 Å². The maximum Gasteiger partial charge on any atom is 0.413 e. The lowest BCUT2D eigenvalue weighted by molar-refractivity contribution is -0.0742. The first-order chi connectivity index (χ1) is 17.3. The average Bonchev–Trinajstić information content (AvgIpc) is 3.29. The molecule has 0 unspecified atom stereocenters. The molecule has 0 radical (unpaired) electrons. The van der Waals surface area contributed by atoms with Crippen LogP contribution in [0.3, 0.4) is 0 Å². The van der Waals surface area contributed by atoms with Gasteiger partial charge in [0.05, 0.1) is 6.04 Å². The monoisotopic (exact) mass is 518 g/mol. The second-order valence-corrected chi connectivity index (χ2v) is 10.9. The Morgan fingerprint density at radius 2 is 1.94 bits per heavy atom. The van der Waals surface area contributed by atoms with E-state index < -0.39 is 29.9 Å². The van der Waals surface area contributed by atoms with Gasteiger partial charge in [-0.1, -0.05) is 0 Å². The Balaban J connectivity index is 1.21. The third-order valence-corrected chi connectivity index (χ3v) is 8.10. The lowest BCUT2D eigenvalue weighted by atomic mass is 9.83. The van der Waals surface area contributed by atoms with Crippen LogP contribution in [-0.4, -0.2) is 94.5 Å². The minimum atomic E-state index is -1.19. The van der Waals surface area contributed by atoms with Crippen LogP contribution in [-0.2, 0) is 4.74 Å². The number of aryl methyl sites for hydroxylation is 1. The second kappa shape index (κ2) is 10.1. The molecule has 6 heterocycles. The van der Waals surface area contributed by atoms with Crippen molar-refractivity contribution in [2.75, 3.05) is 55.3 Å². The summed E-state index contributed by atoms with van der Waals surface area (Å²) in [5.41, 5.74) is -0.395. The van der Waals surface area contributed by atoms with Crippen LogP contribution in [0.1, 0.15) is 30.6 Å². The SMILES string of the molecule is Cc1cnc(NC(=O)N(C)[C@H]2CN(c3nccc(NC(=O)OC45CCN(CC4)CC5)n3)CC[C@H]2F)s1. The van der Waals surface area contributed by atoms with Crippen molar-refractivity contribution in [3.8, 4) is 0 Å². The molecule has 4 saturated heterocycles. The Labute approximate surface area is 213 Å². The van der Waals surface area contributed by atoms with Crippen LogP contribution in [0, 0.1) is 6.92 Å². The van der Waals surface area contributed by atoms with E-state index in [1.807, 2.05) is 11.8 Å². The highest BCUT2D eigenvalue weighted by atomic mass is 32.1. The van der Waals surface area contributed by atoms with E-state index in [9.17, 15) is 14.0 Å². The van der Waals surface area contributed by atoms with Crippen LogP contribution >= 0.6 is 11.3 Å². The molecule has 4 aliphatic rings. The zero-order valence-electron chi connectivity index (χ0n) is 20.4. The molecule has 3 amide bonds. The molecular formula is C23H31FN8O3S. The number of piperidine rings is 4. The number of ether oxygens (including phenoxy) is 1. The van der Waals surface area contributed by atoms with Crippen LogP contribution in [0.4, 0.5) is 30.9 Å². The largest absolute Gasteiger partial charge is 0.443 e. The average molecular weight is 519 g/mol. The molecule has 4 aliphatic heterocycles. The van der Waals surface area contributed by atoms with Gasteiger partial charge in [-0.15, -0.1) is 11.3 Å². The van der Waals surface area contributed by atoms with Crippen molar-refractivity contribution < 1.29 is 18.7 Å². The fraction of sp³-hybridized carbons (Fsp3) is 0.609. The summed E-state index contributed by atoms with van der Waals surface area (Å²) in [5.74, 6) is 0.678. The zero-order chi connectivity index (χ0) is 25.3. The Morgan fingerprint density at radius 1 is 1.19 bits per heavy atom. The summed E-state index contributed by atoms with van der Waals surface area (Å²) >= 11 is 1.36. The normalized spacial score (nSPS) is 27.4. The fourth-order valence-corrected chi connectivity index (χ4v) is 5.69. The lowest BCUT2D eigenvalue weighted by Crippen LogP contribution is -2.55. The number of hydrogen-bond acceptors (Lipinski definition) is 9. The topological polar surface area (TPSA) is 116 Å². The van der Waals surface area contributed by atoms with Gasteiger partial charge in [-0.3, -0.25) is 10.6 Å². The molecule has 194 valence electrons. The Hall–Kier alpha value is -3.06. The highest BCUT2D eigenvalue weighted by Gasteiger charge is 2.42.